The number of carbonyl (C=O) groups excluding carboxylic acids is 1. The number of nitrogens with one attached hydrogen (secondary N) is 1. The predicted molar refractivity (Wildman–Crippen MR) is 109 cm³/mol. The monoisotopic (exact) mass is 399 g/mol. The molecule has 3 rings (SSSR count). The summed E-state index contributed by atoms with van der Waals surface area (Å²) in [5, 5.41) is 16.5. The Balaban J connectivity index is 1.64. The number of amides is 1. The van der Waals surface area contributed by atoms with Gasteiger partial charge in [-0.15, -0.1) is 0 Å². The number of aryl methyl sites for hydroxylation is 1. The van der Waals surface area contributed by atoms with E-state index in [0.717, 1.165) is 42.1 Å². The molecular formula is C22H29N3O4. The van der Waals surface area contributed by atoms with Gasteiger partial charge in [0.15, 0.2) is 0 Å². The second kappa shape index (κ2) is 9.22. The van der Waals surface area contributed by atoms with Gasteiger partial charge in [0.1, 0.15) is 0 Å². The van der Waals surface area contributed by atoms with Crippen molar-refractivity contribution in [3.8, 4) is 5.69 Å². The van der Waals surface area contributed by atoms with Crippen molar-refractivity contribution in [3.63, 3.8) is 0 Å². The van der Waals surface area contributed by atoms with Gasteiger partial charge in [0.2, 0.25) is 0 Å². The quantitative estimate of drug-likeness (QED) is 0.746. The zero-order chi connectivity index (χ0) is 21.0. The van der Waals surface area contributed by atoms with Gasteiger partial charge in [0.25, 0.3) is 5.91 Å². The average molecular weight is 399 g/mol. The number of carbonyl (C=O) groups is 2. The first-order valence-corrected chi connectivity index (χ1v) is 10.1. The van der Waals surface area contributed by atoms with Gasteiger partial charge in [-0.25, -0.2) is 4.68 Å². The Morgan fingerprint density at radius 3 is 2.66 bits per heavy atom. The number of carboxylic acid groups (broad SMARTS) is 1. The fraction of sp³-hybridized carbons (Fsp3) is 0.500. The predicted octanol–water partition coefficient (Wildman–Crippen LogP) is 3.05. The molecule has 0 bridgehead atoms. The summed E-state index contributed by atoms with van der Waals surface area (Å²) in [5.74, 6) is -0.436. The van der Waals surface area contributed by atoms with Crippen molar-refractivity contribution in [1.82, 2.24) is 15.1 Å². The molecule has 1 fully saturated rings. The molecule has 1 saturated heterocycles. The van der Waals surface area contributed by atoms with E-state index in [1.165, 1.54) is 0 Å². The molecule has 2 aromatic rings. The van der Waals surface area contributed by atoms with Gasteiger partial charge in [0.05, 0.1) is 17.5 Å². The topological polar surface area (TPSA) is 93.5 Å². The average Bonchev–Trinajstić information content (AvgIpc) is 2.98. The molecule has 156 valence electrons. The molecule has 29 heavy (non-hydrogen) atoms. The smallest absolute Gasteiger partial charge is 0.303 e. The van der Waals surface area contributed by atoms with Gasteiger partial charge in [0, 0.05) is 30.8 Å². The Kier molecular flexibility index (Phi) is 6.69. The maximum absolute atomic E-state index is 12.5. The Labute approximate surface area is 171 Å². The van der Waals surface area contributed by atoms with Crippen molar-refractivity contribution < 1.29 is 19.4 Å². The minimum absolute atomic E-state index is 0.0776. The Bertz CT molecular complexity index is 873. The highest BCUT2D eigenvalue weighted by molar-refractivity contribution is 5.94. The molecule has 0 saturated carbocycles. The lowest BCUT2D eigenvalue weighted by Gasteiger charge is -2.27. The van der Waals surface area contributed by atoms with Crippen LogP contribution in [0.5, 0.6) is 0 Å². The number of ether oxygens (including phenoxy) is 1. The highest BCUT2D eigenvalue weighted by Gasteiger charge is 2.20. The fourth-order valence-electron chi connectivity index (χ4n) is 3.89. The zero-order valence-corrected chi connectivity index (χ0v) is 17.3. The number of rotatable bonds is 7. The normalized spacial score (nSPS) is 19.1. The molecule has 0 radical (unpaired) electrons. The first kappa shape index (κ1) is 21.0. The minimum Gasteiger partial charge on any atom is -0.481 e. The number of carboxylic acids is 1. The van der Waals surface area contributed by atoms with Crippen molar-refractivity contribution in [2.75, 3.05) is 13.2 Å². The molecule has 1 aromatic carbocycles. The molecule has 1 aliphatic rings. The molecular weight excluding hydrogens is 370 g/mol. The van der Waals surface area contributed by atoms with E-state index in [1.54, 1.807) is 16.8 Å². The van der Waals surface area contributed by atoms with Crippen LogP contribution in [0.2, 0.25) is 0 Å². The number of nitrogens with zero attached hydrogens (tertiary/aromatic N) is 2. The number of aromatic nitrogens is 2. The third-order valence-corrected chi connectivity index (χ3v) is 5.55. The van der Waals surface area contributed by atoms with Gasteiger partial charge in [-0.2, -0.15) is 5.10 Å². The van der Waals surface area contributed by atoms with Gasteiger partial charge in [-0.05, 0) is 75.8 Å². The summed E-state index contributed by atoms with van der Waals surface area (Å²) >= 11 is 0. The van der Waals surface area contributed by atoms with Gasteiger partial charge in [-0.3, -0.25) is 9.59 Å². The van der Waals surface area contributed by atoms with Crippen molar-refractivity contribution in [2.24, 2.45) is 5.92 Å². The summed E-state index contributed by atoms with van der Waals surface area (Å²) in [5.41, 5.74) is 4.18. The van der Waals surface area contributed by atoms with Gasteiger partial charge < -0.3 is 15.2 Å². The van der Waals surface area contributed by atoms with E-state index in [2.05, 4.69) is 17.3 Å². The molecule has 7 nitrogen and oxygen atoms in total. The van der Waals surface area contributed by atoms with Gasteiger partial charge in [-0.1, -0.05) is 0 Å². The molecule has 2 N–H and O–H groups in total. The lowest BCUT2D eigenvalue weighted by Crippen LogP contribution is -2.34. The Hall–Kier alpha value is -2.67. The maximum atomic E-state index is 12.5. The standard InChI is InChI=1S/C22H29N3O4/c1-14-12-17(10-11-29-14)13-23-22(28)18-4-6-19(7-5-18)25-16(3)20(15(2)24-25)8-9-21(26)27/h4-7,14,17H,8-13H2,1-3H3,(H,23,28)(H,26,27). The number of benzene rings is 1. The van der Waals surface area contributed by atoms with Crippen LogP contribution in [0.1, 0.15) is 53.5 Å². The minimum atomic E-state index is -0.817. The van der Waals surface area contributed by atoms with E-state index in [0.29, 0.717) is 24.4 Å². The number of hydrogen-bond acceptors (Lipinski definition) is 4. The van der Waals surface area contributed by atoms with Crippen molar-refractivity contribution in [2.45, 2.75) is 52.6 Å². The SMILES string of the molecule is Cc1nn(-c2ccc(C(=O)NCC3CCOC(C)C3)cc2)c(C)c1CCC(=O)O. The number of aliphatic carboxylic acids is 1. The second-order valence-electron chi connectivity index (χ2n) is 7.78. The van der Waals surface area contributed by atoms with Crippen LogP contribution in [0.15, 0.2) is 24.3 Å². The van der Waals surface area contributed by atoms with Crippen molar-refractivity contribution >= 4 is 11.9 Å². The van der Waals surface area contributed by atoms with Crippen LogP contribution in [0.25, 0.3) is 5.69 Å². The number of hydrogen-bond donors (Lipinski definition) is 2. The summed E-state index contributed by atoms with van der Waals surface area (Å²) in [7, 11) is 0. The summed E-state index contributed by atoms with van der Waals surface area (Å²) in [6.07, 6.45) is 2.75. The van der Waals surface area contributed by atoms with Gasteiger partial charge >= 0.3 is 5.97 Å². The molecule has 2 heterocycles. The maximum Gasteiger partial charge on any atom is 0.303 e. The largest absolute Gasteiger partial charge is 0.481 e. The highest BCUT2D eigenvalue weighted by atomic mass is 16.5. The molecule has 1 aliphatic heterocycles. The van der Waals surface area contributed by atoms with Crippen LogP contribution in [-0.2, 0) is 16.0 Å². The lowest BCUT2D eigenvalue weighted by atomic mass is 9.96. The van der Waals surface area contributed by atoms with Crippen molar-refractivity contribution in [1.29, 1.82) is 0 Å². The van der Waals surface area contributed by atoms with E-state index in [-0.39, 0.29) is 18.4 Å². The van der Waals surface area contributed by atoms with E-state index < -0.39 is 5.97 Å². The Morgan fingerprint density at radius 1 is 1.28 bits per heavy atom. The second-order valence-corrected chi connectivity index (χ2v) is 7.78. The molecule has 7 heteroatoms. The summed E-state index contributed by atoms with van der Waals surface area (Å²) < 4.78 is 7.35. The summed E-state index contributed by atoms with van der Waals surface area (Å²) in [4.78, 5) is 23.3. The molecule has 1 aromatic heterocycles. The molecule has 0 aliphatic carbocycles. The van der Waals surface area contributed by atoms with Crippen LogP contribution in [0, 0.1) is 19.8 Å². The fourth-order valence-corrected chi connectivity index (χ4v) is 3.89. The van der Waals surface area contributed by atoms with E-state index in [4.69, 9.17) is 9.84 Å². The summed E-state index contributed by atoms with van der Waals surface area (Å²) in [6.45, 7) is 7.32. The third-order valence-electron chi connectivity index (χ3n) is 5.55. The molecule has 1 amide bonds. The van der Waals surface area contributed by atoms with Crippen LogP contribution >= 0.6 is 0 Å². The van der Waals surface area contributed by atoms with Crippen LogP contribution in [-0.4, -0.2) is 46.0 Å². The van der Waals surface area contributed by atoms with Crippen LogP contribution < -0.4 is 5.32 Å². The van der Waals surface area contributed by atoms with Crippen LogP contribution in [0.3, 0.4) is 0 Å². The van der Waals surface area contributed by atoms with Crippen molar-refractivity contribution in [3.05, 3.63) is 46.8 Å². The molecule has 2 atom stereocenters. The zero-order valence-electron chi connectivity index (χ0n) is 17.3. The summed E-state index contributed by atoms with van der Waals surface area (Å²) in [6, 6.07) is 7.33. The molecule has 2 unspecified atom stereocenters. The Morgan fingerprint density at radius 2 is 2.00 bits per heavy atom. The molecule has 0 spiro atoms. The first-order valence-electron chi connectivity index (χ1n) is 10.1. The van der Waals surface area contributed by atoms with E-state index in [9.17, 15) is 9.59 Å². The third kappa shape index (κ3) is 5.23. The van der Waals surface area contributed by atoms with E-state index in [1.807, 2.05) is 26.0 Å². The van der Waals surface area contributed by atoms with E-state index >= 15 is 0 Å². The lowest BCUT2D eigenvalue weighted by molar-refractivity contribution is -0.136. The van der Waals surface area contributed by atoms with Crippen LogP contribution in [0.4, 0.5) is 0 Å². The highest BCUT2D eigenvalue weighted by Crippen LogP contribution is 2.21. The first-order chi connectivity index (χ1) is 13.8.